The second kappa shape index (κ2) is 10.6. The van der Waals surface area contributed by atoms with E-state index < -0.39 is 22.5 Å². The van der Waals surface area contributed by atoms with Crippen molar-refractivity contribution in [1.29, 1.82) is 0 Å². The van der Waals surface area contributed by atoms with Gasteiger partial charge in [0.15, 0.2) is 0 Å². The summed E-state index contributed by atoms with van der Waals surface area (Å²) in [5, 5.41) is 3.22. The molecule has 0 aliphatic carbocycles. The van der Waals surface area contributed by atoms with Gasteiger partial charge in [0, 0.05) is 16.8 Å². The number of hydrogen-bond acceptors (Lipinski definition) is 4. The molecule has 0 radical (unpaired) electrons. The van der Waals surface area contributed by atoms with Crippen molar-refractivity contribution in [3.8, 4) is 5.75 Å². The number of nitrogens with zero attached hydrogens (tertiary/aromatic N) is 1. The maximum absolute atomic E-state index is 13.5. The van der Waals surface area contributed by atoms with E-state index in [-0.39, 0.29) is 4.90 Å². The Morgan fingerprint density at radius 2 is 1.82 bits per heavy atom. The molecule has 0 bridgehead atoms. The third kappa shape index (κ3) is 6.15. The molecule has 172 valence electrons. The van der Waals surface area contributed by atoms with Gasteiger partial charge in [-0.1, -0.05) is 48.0 Å². The zero-order valence-corrected chi connectivity index (χ0v) is 20.0. The van der Waals surface area contributed by atoms with Crippen molar-refractivity contribution in [1.82, 2.24) is 0 Å². The minimum absolute atomic E-state index is 0.0927. The largest absolute Gasteiger partial charge is 0.489 e. The Labute approximate surface area is 199 Å². The van der Waals surface area contributed by atoms with Crippen LogP contribution in [-0.4, -0.2) is 27.5 Å². The van der Waals surface area contributed by atoms with Gasteiger partial charge >= 0.3 is 0 Å². The van der Waals surface area contributed by atoms with Gasteiger partial charge in [-0.2, -0.15) is 0 Å². The lowest BCUT2D eigenvalue weighted by Crippen LogP contribution is -2.38. The van der Waals surface area contributed by atoms with Crippen LogP contribution in [0.3, 0.4) is 0 Å². The number of benzene rings is 3. The fraction of sp³-hybridized carbons (Fsp3) is 0.160. The Morgan fingerprint density at radius 3 is 2.48 bits per heavy atom. The van der Waals surface area contributed by atoms with E-state index in [1.54, 1.807) is 67.6 Å². The first-order valence-electron chi connectivity index (χ1n) is 10.2. The van der Waals surface area contributed by atoms with E-state index in [2.05, 4.69) is 11.9 Å². The van der Waals surface area contributed by atoms with Crippen LogP contribution in [0.1, 0.15) is 11.1 Å². The Kier molecular flexibility index (Phi) is 7.79. The summed E-state index contributed by atoms with van der Waals surface area (Å²) in [4.78, 5) is 13.0. The highest BCUT2D eigenvalue weighted by atomic mass is 35.5. The number of rotatable bonds is 9. The van der Waals surface area contributed by atoms with Gasteiger partial charge in [-0.3, -0.25) is 9.10 Å². The normalized spacial score (nSPS) is 11.0. The molecule has 0 fully saturated rings. The Morgan fingerprint density at radius 1 is 1.09 bits per heavy atom. The van der Waals surface area contributed by atoms with Gasteiger partial charge < -0.3 is 10.1 Å². The van der Waals surface area contributed by atoms with Crippen molar-refractivity contribution in [3.63, 3.8) is 0 Å². The number of anilines is 2. The van der Waals surface area contributed by atoms with E-state index in [0.29, 0.717) is 34.3 Å². The Bertz CT molecular complexity index is 1260. The van der Waals surface area contributed by atoms with Gasteiger partial charge in [-0.25, -0.2) is 8.42 Å². The quantitative estimate of drug-likeness (QED) is 0.415. The Hall–Kier alpha value is -3.29. The molecule has 0 spiro atoms. The smallest absolute Gasteiger partial charge is 0.264 e. The topological polar surface area (TPSA) is 75.7 Å². The number of hydrogen-bond donors (Lipinski definition) is 1. The number of sulfonamides is 1. The third-order valence-electron chi connectivity index (χ3n) is 4.81. The molecule has 0 aromatic heterocycles. The van der Waals surface area contributed by atoms with Gasteiger partial charge in [0.2, 0.25) is 5.91 Å². The first-order chi connectivity index (χ1) is 15.7. The molecule has 1 amide bonds. The Balaban J connectivity index is 1.92. The van der Waals surface area contributed by atoms with Gasteiger partial charge in [0.1, 0.15) is 18.9 Å². The van der Waals surface area contributed by atoms with Crippen molar-refractivity contribution in [2.75, 3.05) is 22.8 Å². The molecule has 6 nitrogen and oxygen atoms in total. The minimum Gasteiger partial charge on any atom is -0.489 e. The van der Waals surface area contributed by atoms with Crippen LogP contribution in [0.4, 0.5) is 11.4 Å². The highest BCUT2D eigenvalue weighted by Crippen LogP contribution is 2.29. The number of nitrogens with one attached hydrogen (secondary N) is 1. The number of carbonyl (C=O) groups is 1. The van der Waals surface area contributed by atoms with Crippen LogP contribution in [0.2, 0.25) is 5.02 Å². The fourth-order valence-electron chi connectivity index (χ4n) is 3.19. The number of halogens is 1. The SMILES string of the molecule is C=CCOc1cccc(NC(=O)CN(c2ccc(Cl)cc2C)S(=O)(=O)c2ccc(C)cc2)c1. The number of aryl methyl sites for hydroxylation is 2. The summed E-state index contributed by atoms with van der Waals surface area (Å²) in [6.45, 7) is 7.14. The van der Waals surface area contributed by atoms with Gasteiger partial charge in [0.25, 0.3) is 10.0 Å². The van der Waals surface area contributed by atoms with Crippen LogP contribution in [0.15, 0.2) is 84.3 Å². The second-order valence-corrected chi connectivity index (χ2v) is 9.73. The minimum atomic E-state index is -4.02. The molecule has 0 saturated carbocycles. The maximum Gasteiger partial charge on any atom is 0.264 e. The summed E-state index contributed by atoms with van der Waals surface area (Å²) in [7, 11) is -4.02. The summed E-state index contributed by atoms with van der Waals surface area (Å²) < 4.78 is 33.6. The average Bonchev–Trinajstić information content (AvgIpc) is 2.77. The second-order valence-electron chi connectivity index (χ2n) is 7.43. The molecule has 0 unspecified atom stereocenters. The maximum atomic E-state index is 13.5. The van der Waals surface area contributed by atoms with E-state index in [1.165, 1.54) is 12.1 Å². The van der Waals surface area contributed by atoms with Crippen molar-refractivity contribution in [2.45, 2.75) is 18.7 Å². The summed E-state index contributed by atoms with van der Waals surface area (Å²) in [6, 6.07) is 18.2. The van der Waals surface area contributed by atoms with E-state index in [4.69, 9.17) is 16.3 Å². The van der Waals surface area contributed by atoms with Gasteiger partial charge in [0.05, 0.1) is 10.6 Å². The lowest BCUT2D eigenvalue weighted by atomic mass is 10.2. The molecule has 3 rings (SSSR count). The standard InChI is InChI=1S/C25H25ClN2O4S/c1-4-14-32-22-7-5-6-21(16-22)27-25(29)17-28(24-13-10-20(26)15-19(24)3)33(30,31)23-11-8-18(2)9-12-23/h4-13,15-16H,1,14,17H2,2-3H3,(H,27,29). The molecule has 1 N–H and O–H groups in total. The highest BCUT2D eigenvalue weighted by molar-refractivity contribution is 7.92. The van der Waals surface area contributed by atoms with E-state index in [1.807, 2.05) is 6.92 Å². The first-order valence-corrected chi connectivity index (χ1v) is 12.0. The zero-order chi connectivity index (χ0) is 24.0. The lowest BCUT2D eigenvalue weighted by Gasteiger charge is -2.26. The third-order valence-corrected chi connectivity index (χ3v) is 6.82. The fourth-order valence-corrected chi connectivity index (χ4v) is 4.90. The molecule has 3 aromatic rings. The molecule has 33 heavy (non-hydrogen) atoms. The van der Waals surface area contributed by atoms with Crippen LogP contribution >= 0.6 is 11.6 Å². The number of amides is 1. The zero-order valence-electron chi connectivity index (χ0n) is 18.4. The molecular formula is C25H25ClN2O4S. The molecule has 0 atom stereocenters. The highest BCUT2D eigenvalue weighted by Gasteiger charge is 2.28. The van der Waals surface area contributed by atoms with Gasteiger partial charge in [-0.15, -0.1) is 0 Å². The van der Waals surface area contributed by atoms with Crippen LogP contribution in [0, 0.1) is 13.8 Å². The van der Waals surface area contributed by atoms with Crippen LogP contribution in [-0.2, 0) is 14.8 Å². The van der Waals surface area contributed by atoms with Crippen LogP contribution in [0.5, 0.6) is 5.75 Å². The monoisotopic (exact) mass is 484 g/mol. The average molecular weight is 485 g/mol. The van der Waals surface area contributed by atoms with Crippen LogP contribution in [0.25, 0.3) is 0 Å². The molecule has 0 aliphatic heterocycles. The van der Waals surface area contributed by atoms with Crippen molar-refractivity contribution < 1.29 is 17.9 Å². The summed E-state index contributed by atoms with van der Waals surface area (Å²) in [5.41, 5.74) is 2.42. The van der Waals surface area contributed by atoms with E-state index >= 15 is 0 Å². The number of carbonyl (C=O) groups excluding carboxylic acids is 1. The summed E-state index contributed by atoms with van der Waals surface area (Å²) >= 11 is 6.07. The molecule has 0 saturated heterocycles. The molecular weight excluding hydrogens is 460 g/mol. The summed E-state index contributed by atoms with van der Waals surface area (Å²) in [5.74, 6) is 0.0614. The number of ether oxygens (including phenoxy) is 1. The predicted molar refractivity (Wildman–Crippen MR) is 133 cm³/mol. The molecule has 0 aliphatic rings. The molecule has 8 heteroatoms. The molecule has 3 aromatic carbocycles. The molecule has 0 heterocycles. The lowest BCUT2D eigenvalue weighted by molar-refractivity contribution is -0.114. The van der Waals surface area contributed by atoms with Crippen LogP contribution < -0.4 is 14.4 Å². The van der Waals surface area contributed by atoms with E-state index in [9.17, 15) is 13.2 Å². The van der Waals surface area contributed by atoms with Crippen molar-refractivity contribution >= 4 is 38.9 Å². The van der Waals surface area contributed by atoms with Crippen molar-refractivity contribution in [2.24, 2.45) is 0 Å². The van der Waals surface area contributed by atoms with E-state index in [0.717, 1.165) is 9.87 Å². The summed E-state index contributed by atoms with van der Waals surface area (Å²) in [6.07, 6.45) is 1.62. The van der Waals surface area contributed by atoms with Gasteiger partial charge in [-0.05, 0) is 61.9 Å². The predicted octanol–water partition coefficient (Wildman–Crippen LogP) is 5.36. The first kappa shape index (κ1) is 24.4. The van der Waals surface area contributed by atoms with Crippen molar-refractivity contribution in [3.05, 3.63) is 95.5 Å².